The molecular formula is C24H31N3O4S. The van der Waals surface area contributed by atoms with Crippen molar-refractivity contribution in [2.24, 2.45) is 5.92 Å². The molecule has 32 heavy (non-hydrogen) atoms. The van der Waals surface area contributed by atoms with Crippen LogP contribution in [0.3, 0.4) is 0 Å². The zero-order valence-corrected chi connectivity index (χ0v) is 19.8. The predicted octanol–water partition coefficient (Wildman–Crippen LogP) is 3.89. The highest BCUT2D eigenvalue weighted by Gasteiger charge is 2.28. The van der Waals surface area contributed by atoms with Gasteiger partial charge in [0.05, 0.1) is 16.1 Å². The zero-order valence-electron chi connectivity index (χ0n) is 19.0. The molecule has 2 aromatic carbocycles. The number of sulfonamides is 1. The van der Waals surface area contributed by atoms with Crippen LogP contribution in [-0.2, 0) is 10.0 Å². The van der Waals surface area contributed by atoms with Crippen LogP contribution < -0.4 is 10.6 Å². The summed E-state index contributed by atoms with van der Waals surface area (Å²) in [5, 5.41) is 5.65. The number of benzene rings is 2. The Labute approximate surface area is 190 Å². The van der Waals surface area contributed by atoms with Crippen LogP contribution in [0.2, 0.25) is 0 Å². The van der Waals surface area contributed by atoms with Gasteiger partial charge >= 0.3 is 0 Å². The second-order valence-electron chi connectivity index (χ2n) is 9.31. The number of nitrogens with one attached hydrogen (secondary N) is 2. The molecule has 172 valence electrons. The van der Waals surface area contributed by atoms with Gasteiger partial charge in [0.15, 0.2) is 0 Å². The molecule has 1 saturated heterocycles. The Morgan fingerprint density at radius 1 is 0.938 bits per heavy atom. The minimum atomic E-state index is -3.57. The van der Waals surface area contributed by atoms with E-state index >= 15 is 0 Å². The maximum absolute atomic E-state index is 12.9. The van der Waals surface area contributed by atoms with Crippen LogP contribution in [0, 0.1) is 5.92 Å². The van der Waals surface area contributed by atoms with Crippen LogP contribution in [0.1, 0.15) is 61.3 Å². The van der Waals surface area contributed by atoms with Crippen LogP contribution >= 0.6 is 0 Å². The number of piperidine rings is 1. The summed E-state index contributed by atoms with van der Waals surface area (Å²) in [7, 11) is -3.57. The number of hydrogen-bond acceptors (Lipinski definition) is 4. The molecule has 8 heteroatoms. The molecule has 7 nitrogen and oxygen atoms in total. The average Bonchev–Trinajstić information content (AvgIpc) is 2.73. The maximum Gasteiger partial charge on any atom is 0.255 e. The number of carbonyl (C=O) groups excluding carboxylic acids is 2. The van der Waals surface area contributed by atoms with Gasteiger partial charge in [-0.1, -0.05) is 19.1 Å². The van der Waals surface area contributed by atoms with Crippen LogP contribution in [0.25, 0.3) is 0 Å². The molecule has 0 aliphatic carbocycles. The summed E-state index contributed by atoms with van der Waals surface area (Å²) in [6.07, 6.45) is 1.70. The Balaban J connectivity index is 1.74. The van der Waals surface area contributed by atoms with Crippen LogP contribution in [0.4, 0.5) is 5.69 Å². The normalized spacial score (nSPS) is 15.9. The lowest BCUT2D eigenvalue weighted by Crippen LogP contribution is -2.40. The molecule has 0 radical (unpaired) electrons. The fourth-order valence-electron chi connectivity index (χ4n) is 3.55. The van der Waals surface area contributed by atoms with Crippen LogP contribution in [0.15, 0.2) is 53.4 Å². The number of carbonyl (C=O) groups is 2. The molecule has 2 aromatic rings. The van der Waals surface area contributed by atoms with Crippen molar-refractivity contribution >= 4 is 27.5 Å². The highest BCUT2D eigenvalue weighted by molar-refractivity contribution is 7.89. The fourth-order valence-corrected chi connectivity index (χ4v) is 5.01. The van der Waals surface area contributed by atoms with Gasteiger partial charge in [-0.25, -0.2) is 8.42 Å². The lowest BCUT2D eigenvalue weighted by atomic mass is 10.0. The molecule has 0 aromatic heterocycles. The molecule has 0 bridgehead atoms. The number of para-hydroxylation sites is 1. The van der Waals surface area contributed by atoms with E-state index in [1.165, 1.54) is 28.6 Å². The van der Waals surface area contributed by atoms with Gasteiger partial charge in [-0.05, 0) is 75.9 Å². The summed E-state index contributed by atoms with van der Waals surface area (Å²) >= 11 is 0. The lowest BCUT2D eigenvalue weighted by Gasteiger charge is -2.29. The summed E-state index contributed by atoms with van der Waals surface area (Å²) in [6, 6.07) is 12.7. The first-order valence-corrected chi connectivity index (χ1v) is 12.2. The summed E-state index contributed by atoms with van der Waals surface area (Å²) < 4.78 is 27.3. The highest BCUT2D eigenvalue weighted by Crippen LogP contribution is 2.24. The Hall–Kier alpha value is -2.71. The maximum atomic E-state index is 12.9. The average molecular weight is 458 g/mol. The molecular weight excluding hydrogens is 426 g/mol. The largest absolute Gasteiger partial charge is 0.347 e. The van der Waals surface area contributed by atoms with Gasteiger partial charge in [-0.2, -0.15) is 4.31 Å². The fraction of sp³-hybridized carbons (Fsp3) is 0.417. The van der Waals surface area contributed by atoms with Gasteiger partial charge < -0.3 is 10.6 Å². The van der Waals surface area contributed by atoms with Crippen molar-refractivity contribution in [3.05, 3.63) is 59.7 Å². The van der Waals surface area contributed by atoms with Crippen molar-refractivity contribution in [1.29, 1.82) is 0 Å². The summed E-state index contributed by atoms with van der Waals surface area (Å²) in [4.78, 5) is 25.5. The molecule has 1 aliphatic rings. The van der Waals surface area contributed by atoms with Gasteiger partial charge in [0, 0.05) is 24.2 Å². The van der Waals surface area contributed by atoms with Crippen molar-refractivity contribution < 1.29 is 18.0 Å². The monoisotopic (exact) mass is 457 g/mol. The summed E-state index contributed by atoms with van der Waals surface area (Å²) in [6.45, 7) is 8.80. The van der Waals surface area contributed by atoms with E-state index in [0.29, 0.717) is 35.8 Å². The van der Waals surface area contributed by atoms with Crippen molar-refractivity contribution in [3.63, 3.8) is 0 Å². The van der Waals surface area contributed by atoms with E-state index in [2.05, 4.69) is 17.6 Å². The van der Waals surface area contributed by atoms with Crippen molar-refractivity contribution in [2.75, 3.05) is 18.4 Å². The molecule has 1 fully saturated rings. The minimum absolute atomic E-state index is 0.175. The Kier molecular flexibility index (Phi) is 7.05. The second-order valence-corrected chi connectivity index (χ2v) is 11.3. The number of nitrogens with zero attached hydrogens (tertiary/aromatic N) is 1. The second kappa shape index (κ2) is 9.42. The molecule has 0 atom stereocenters. The summed E-state index contributed by atoms with van der Waals surface area (Å²) in [5.41, 5.74) is 0.636. The first kappa shape index (κ1) is 23.9. The summed E-state index contributed by atoms with van der Waals surface area (Å²) in [5.74, 6) is -0.177. The Morgan fingerprint density at radius 2 is 1.53 bits per heavy atom. The molecule has 2 N–H and O–H groups in total. The van der Waals surface area contributed by atoms with Crippen molar-refractivity contribution in [2.45, 2.75) is 51.0 Å². The van der Waals surface area contributed by atoms with Gasteiger partial charge in [0.1, 0.15) is 0 Å². The number of anilines is 1. The SMILES string of the molecule is CC1CCN(S(=O)(=O)c2ccc(C(=O)Nc3ccccc3C(=O)NC(C)(C)C)cc2)CC1. The lowest BCUT2D eigenvalue weighted by molar-refractivity contribution is 0.0920. The smallest absolute Gasteiger partial charge is 0.255 e. The third-order valence-electron chi connectivity index (χ3n) is 5.41. The minimum Gasteiger partial charge on any atom is -0.347 e. The third-order valence-corrected chi connectivity index (χ3v) is 7.32. The number of rotatable bonds is 5. The first-order chi connectivity index (χ1) is 15.0. The molecule has 1 aliphatic heterocycles. The highest BCUT2D eigenvalue weighted by atomic mass is 32.2. The first-order valence-electron chi connectivity index (χ1n) is 10.8. The zero-order chi connectivity index (χ0) is 23.5. The topological polar surface area (TPSA) is 95.6 Å². The molecule has 3 rings (SSSR count). The number of amides is 2. The van der Waals surface area contributed by atoms with E-state index in [-0.39, 0.29) is 10.8 Å². The molecule has 1 heterocycles. The van der Waals surface area contributed by atoms with Gasteiger partial charge in [0.25, 0.3) is 11.8 Å². The van der Waals surface area contributed by atoms with E-state index < -0.39 is 21.5 Å². The quantitative estimate of drug-likeness (QED) is 0.712. The molecule has 0 saturated carbocycles. The molecule has 0 unspecified atom stereocenters. The van der Waals surface area contributed by atoms with E-state index in [9.17, 15) is 18.0 Å². The third kappa shape index (κ3) is 5.75. The van der Waals surface area contributed by atoms with E-state index in [0.717, 1.165) is 12.8 Å². The number of hydrogen-bond donors (Lipinski definition) is 2. The Morgan fingerprint density at radius 3 is 2.12 bits per heavy atom. The standard InChI is InChI=1S/C24H31N3O4S/c1-17-13-15-27(16-14-17)32(30,31)19-11-9-18(10-12-19)22(28)25-21-8-6-5-7-20(21)23(29)26-24(2,3)4/h5-12,17H,13-16H2,1-4H3,(H,25,28)(H,26,29). The predicted molar refractivity (Wildman–Crippen MR) is 125 cm³/mol. The van der Waals surface area contributed by atoms with Crippen molar-refractivity contribution in [1.82, 2.24) is 9.62 Å². The van der Waals surface area contributed by atoms with Gasteiger partial charge in [-0.3, -0.25) is 9.59 Å². The molecule has 2 amide bonds. The van der Waals surface area contributed by atoms with E-state index in [1.807, 2.05) is 20.8 Å². The van der Waals surface area contributed by atoms with Crippen LogP contribution in [-0.4, -0.2) is 43.2 Å². The van der Waals surface area contributed by atoms with Crippen LogP contribution in [0.5, 0.6) is 0 Å². The Bertz CT molecular complexity index is 1080. The van der Waals surface area contributed by atoms with Gasteiger partial charge in [-0.15, -0.1) is 0 Å². The molecule has 0 spiro atoms. The van der Waals surface area contributed by atoms with Crippen molar-refractivity contribution in [3.8, 4) is 0 Å². The van der Waals surface area contributed by atoms with E-state index in [1.54, 1.807) is 24.3 Å². The van der Waals surface area contributed by atoms with E-state index in [4.69, 9.17) is 0 Å². The van der Waals surface area contributed by atoms with Gasteiger partial charge in [0.2, 0.25) is 10.0 Å².